The Morgan fingerprint density at radius 2 is 1.52 bits per heavy atom. The van der Waals surface area contributed by atoms with Crippen molar-refractivity contribution in [2.24, 2.45) is 0 Å². The first kappa shape index (κ1) is 13.8. The minimum atomic E-state index is -0.611. The van der Waals surface area contributed by atoms with E-state index in [0.29, 0.717) is 13.2 Å². The van der Waals surface area contributed by atoms with Gasteiger partial charge in [0.25, 0.3) is 0 Å². The van der Waals surface area contributed by atoms with Gasteiger partial charge in [0.05, 0.1) is 13.2 Å². The summed E-state index contributed by atoms with van der Waals surface area (Å²) in [5, 5.41) is 12.6. The van der Waals surface area contributed by atoms with Crippen molar-refractivity contribution in [3.63, 3.8) is 0 Å². The van der Waals surface area contributed by atoms with Crippen molar-refractivity contribution in [2.75, 3.05) is 6.61 Å². The minimum absolute atomic E-state index is 0.295. The molecule has 2 heteroatoms. The Morgan fingerprint density at radius 1 is 0.810 bits per heavy atom. The number of hydrogen-bond donors (Lipinski definition) is 1. The molecule has 0 aliphatic carbocycles. The molecule has 0 aliphatic rings. The molecule has 0 aliphatic heterocycles. The first-order chi connectivity index (χ1) is 10.3. The molecule has 3 rings (SSSR count). The lowest BCUT2D eigenvalue weighted by Gasteiger charge is -2.14. The number of aliphatic hydroxyl groups excluding tert-OH is 1. The highest BCUT2D eigenvalue weighted by Crippen LogP contribution is 2.24. The van der Waals surface area contributed by atoms with Gasteiger partial charge in [-0.3, -0.25) is 0 Å². The molecule has 0 spiro atoms. The van der Waals surface area contributed by atoms with Crippen LogP contribution in [0.4, 0.5) is 0 Å². The van der Waals surface area contributed by atoms with Crippen molar-refractivity contribution in [1.29, 1.82) is 0 Å². The number of hydrogen-bond acceptors (Lipinski definition) is 2. The third kappa shape index (κ3) is 3.30. The van der Waals surface area contributed by atoms with Crippen LogP contribution in [0.25, 0.3) is 10.8 Å². The molecule has 0 fully saturated rings. The molecule has 1 unspecified atom stereocenters. The summed E-state index contributed by atoms with van der Waals surface area (Å²) in [6.07, 6.45) is -0.611. The van der Waals surface area contributed by atoms with Crippen LogP contribution in [-0.4, -0.2) is 11.7 Å². The first-order valence-electron chi connectivity index (χ1n) is 7.12. The van der Waals surface area contributed by atoms with Gasteiger partial charge in [-0.2, -0.15) is 0 Å². The predicted molar refractivity (Wildman–Crippen MR) is 85.0 cm³/mol. The van der Waals surface area contributed by atoms with Crippen LogP contribution < -0.4 is 0 Å². The molecule has 1 atom stereocenters. The maximum absolute atomic E-state index is 10.4. The highest BCUT2D eigenvalue weighted by atomic mass is 16.5. The van der Waals surface area contributed by atoms with Crippen LogP contribution in [0.2, 0.25) is 0 Å². The van der Waals surface area contributed by atoms with E-state index >= 15 is 0 Å². The van der Waals surface area contributed by atoms with E-state index in [2.05, 4.69) is 12.1 Å². The van der Waals surface area contributed by atoms with Gasteiger partial charge in [0.2, 0.25) is 0 Å². The van der Waals surface area contributed by atoms with Gasteiger partial charge in [0, 0.05) is 0 Å². The summed E-state index contributed by atoms with van der Waals surface area (Å²) in [5.74, 6) is 0. The molecule has 0 aromatic heterocycles. The van der Waals surface area contributed by atoms with Crippen LogP contribution in [0, 0.1) is 0 Å². The maximum atomic E-state index is 10.4. The molecule has 0 radical (unpaired) electrons. The summed E-state index contributed by atoms with van der Waals surface area (Å²) < 4.78 is 5.63. The van der Waals surface area contributed by atoms with E-state index in [1.807, 2.05) is 60.7 Å². The third-order valence-electron chi connectivity index (χ3n) is 3.57. The second-order valence-electron chi connectivity index (χ2n) is 5.08. The first-order valence-corrected chi connectivity index (χ1v) is 7.12. The second-order valence-corrected chi connectivity index (χ2v) is 5.08. The fourth-order valence-corrected chi connectivity index (χ4v) is 2.49. The van der Waals surface area contributed by atoms with E-state index < -0.39 is 6.10 Å². The van der Waals surface area contributed by atoms with Crippen LogP contribution in [0.15, 0.2) is 72.8 Å². The molecule has 106 valence electrons. The summed E-state index contributed by atoms with van der Waals surface area (Å²) >= 11 is 0. The third-order valence-corrected chi connectivity index (χ3v) is 3.57. The number of benzene rings is 3. The quantitative estimate of drug-likeness (QED) is 0.761. The van der Waals surface area contributed by atoms with Crippen LogP contribution in [-0.2, 0) is 11.3 Å². The number of aliphatic hydroxyl groups is 1. The zero-order valence-electron chi connectivity index (χ0n) is 11.8. The maximum Gasteiger partial charge on any atom is 0.103 e. The minimum Gasteiger partial charge on any atom is -0.386 e. The highest BCUT2D eigenvalue weighted by molar-refractivity contribution is 5.85. The average Bonchev–Trinajstić information content (AvgIpc) is 2.55. The van der Waals surface area contributed by atoms with Gasteiger partial charge in [-0.05, 0) is 21.9 Å². The Balaban J connectivity index is 1.68. The Hall–Kier alpha value is -2.16. The Kier molecular flexibility index (Phi) is 4.29. The van der Waals surface area contributed by atoms with Gasteiger partial charge < -0.3 is 9.84 Å². The number of ether oxygens (including phenoxy) is 1. The lowest BCUT2D eigenvalue weighted by Crippen LogP contribution is -2.07. The summed E-state index contributed by atoms with van der Waals surface area (Å²) in [6.45, 7) is 0.811. The molecule has 0 heterocycles. The molecule has 0 saturated carbocycles. The SMILES string of the molecule is OC(COCc1ccccc1)c1cccc2ccccc12. The molecule has 21 heavy (non-hydrogen) atoms. The second kappa shape index (κ2) is 6.53. The summed E-state index contributed by atoms with van der Waals surface area (Å²) in [5.41, 5.74) is 2.03. The van der Waals surface area contributed by atoms with Crippen molar-refractivity contribution in [2.45, 2.75) is 12.7 Å². The molecule has 2 nitrogen and oxygen atoms in total. The molecular formula is C19H18O2. The van der Waals surface area contributed by atoms with Gasteiger partial charge in [0.1, 0.15) is 6.10 Å². The van der Waals surface area contributed by atoms with Crippen molar-refractivity contribution < 1.29 is 9.84 Å². The molecule has 0 bridgehead atoms. The van der Waals surface area contributed by atoms with E-state index in [1.165, 1.54) is 0 Å². The molecule has 1 N–H and O–H groups in total. The fourth-order valence-electron chi connectivity index (χ4n) is 2.49. The Bertz CT molecular complexity index is 702. The Morgan fingerprint density at radius 3 is 2.38 bits per heavy atom. The lowest BCUT2D eigenvalue weighted by molar-refractivity contribution is 0.0284. The van der Waals surface area contributed by atoms with E-state index in [4.69, 9.17) is 4.74 Å². The topological polar surface area (TPSA) is 29.5 Å². The summed E-state index contributed by atoms with van der Waals surface area (Å²) in [7, 11) is 0. The Labute approximate surface area is 124 Å². The van der Waals surface area contributed by atoms with Crippen molar-refractivity contribution in [3.8, 4) is 0 Å². The van der Waals surface area contributed by atoms with Crippen LogP contribution in [0.1, 0.15) is 17.2 Å². The number of fused-ring (bicyclic) bond motifs is 1. The van der Waals surface area contributed by atoms with Crippen molar-refractivity contribution in [1.82, 2.24) is 0 Å². The lowest BCUT2D eigenvalue weighted by atomic mass is 10.0. The van der Waals surface area contributed by atoms with E-state index in [9.17, 15) is 5.11 Å². The van der Waals surface area contributed by atoms with E-state index in [1.54, 1.807) is 0 Å². The summed E-state index contributed by atoms with van der Waals surface area (Å²) in [4.78, 5) is 0. The molecular weight excluding hydrogens is 260 g/mol. The van der Waals surface area contributed by atoms with E-state index in [0.717, 1.165) is 21.9 Å². The monoisotopic (exact) mass is 278 g/mol. The van der Waals surface area contributed by atoms with Gasteiger partial charge in [-0.25, -0.2) is 0 Å². The average molecular weight is 278 g/mol. The fraction of sp³-hybridized carbons (Fsp3) is 0.158. The molecule has 3 aromatic carbocycles. The molecule has 0 saturated heterocycles. The van der Waals surface area contributed by atoms with Gasteiger partial charge in [0.15, 0.2) is 0 Å². The predicted octanol–water partition coefficient (Wildman–Crippen LogP) is 4.09. The largest absolute Gasteiger partial charge is 0.386 e. The van der Waals surface area contributed by atoms with E-state index in [-0.39, 0.29) is 0 Å². The molecule has 0 amide bonds. The highest BCUT2D eigenvalue weighted by Gasteiger charge is 2.11. The van der Waals surface area contributed by atoms with Crippen molar-refractivity contribution in [3.05, 3.63) is 83.9 Å². The van der Waals surface area contributed by atoms with Gasteiger partial charge in [-0.1, -0.05) is 72.8 Å². The van der Waals surface area contributed by atoms with Gasteiger partial charge >= 0.3 is 0 Å². The van der Waals surface area contributed by atoms with Crippen LogP contribution in [0.5, 0.6) is 0 Å². The summed E-state index contributed by atoms with van der Waals surface area (Å²) in [6, 6.07) is 24.0. The zero-order valence-corrected chi connectivity index (χ0v) is 11.8. The standard InChI is InChI=1S/C19H18O2/c20-19(14-21-13-15-7-2-1-3-8-15)18-12-6-10-16-9-4-5-11-17(16)18/h1-12,19-20H,13-14H2. The van der Waals surface area contributed by atoms with Crippen LogP contribution in [0.3, 0.4) is 0 Å². The molecule has 3 aromatic rings. The smallest absolute Gasteiger partial charge is 0.103 e. The van der Waals surface area contributed by atoms with Gasteiger partial charge in [-0.15, -0.1) is 0 Å². The normalized spacial score (nSPS) is 12.4. The zero-order chi connectivity index (χ0) is 14.5. The van der Waals surface area contributed by atoms with Crippen LogP contribution >= 0.6 is 0 Å². The number of rotatable bonds is 5. The van der Waals surface area contributed by atoms with Crippen molar-refractivity contribution >= 4 is 10.8 Å².